The molecular weight excluding hydrogens is 485 g/mol. The molecule has 0 aliphatic rings. The van der Waals surface area contributed by atoms with Gasteiger partial charge in [-0.25, -0.2) is 0 Å². The van der Waals surface area contributed by atoms with Crippen molar-refractivity contribution < 1.29 is 0 Å². The zero-order valence-corrected chi connectivity index (χ0v) is 23.2. The monoisotopic (exact) mass is 525 g/mol. The van der Waals surface area contributed by atoms with E-state index in [2.05, 4.69) is 56.7 Å². The fourth-order valence-corrected chi connectivity index (χ4v) is 11.6. The van der Waals surface area contributed by atoms with Crippen LogP contribution in [-0.2, 0) is 6.54 Å². The molecule has 0 atom stereocenters. The van der Waals surface area contributed by atoms with Crippen LogP contribution in [0.3, 0.4) is 0 Å². The maximum atomic E-state index is 2.65. The molecule has 28 heavy (non-hydrogen) atoms. The Morgan fingerprint density at radius 3 is 1.89 bits per heavy atom. The van der Waals surface area contributed by atoms with Crippen LogP contribution < -0.4 is 2.89 Å². The standard InChI is InChI=1S/C21H30NS2.3CH3.Sn/c1-3-4-5-6-7-8-9-10-11-12-14-22-18-13-15-23-20(18)21-19(22)16-17(2)24-21;;;;/h13,16H,3-12,14H2,1-2H3;3*1H3;. The van der Waals surface area contributed by atoms with E-state index in [4.69, 9.17) is 0 Å². The SMILES string of the molecule is CCCCCCCCCCCCn1c2cc(C)sc2c2s[c]([Sn]([CH3])([CH3])[CH3])cc21. The summed E-state index contributed by atoms with van der Waals surface area (Å²) in [4.78, 5) is 9.09. The third kappa shape index (κ3) is 5.57. The summed E-state index contributed by atoms with van der Waals surface area (Å²) in [5.41, 5.74) is 3.03. The molecule has 3 rings (SSSR count). The number of thiophene rings is 2. The van der Waals surface area contributed by atoms with E-state index in [0.29, 0.717) is 0 Å². The van der Waals surface area contributed by atoms with Crippen LogP contribution in [0.4, 0.5) is 0 Å². The number of hydrogen-bond donors (Lipinski definition) is 0. The van der Waals surface area contributed by atoms with Crippen molar-refractivity contribution in [1.82, 2.24) is 4.57 Å². The van der Waals surface area contributed by atoms with Crippen LogP contribution >= 0.6 is 22.7 Å². The Labute approximate surface area is 184 Å². The Bertz CT molecular complexity index is 878. The third-order valence-electron chi connectivity index (χ3n) is 5.81. The first-order chi connectivity index (χ1) is 13.4. The molecule has 0 bridgehead atoms. The number of aryl methyl sites for hydroxylation is 2. The fraction of sp³-hybridized carbons (Fsp3) is 0.667. The van der Waals surface area contributed by atoms with Crippen LogP contribution in [-0.4, -0.2) is 22.9 Å². The van der Waals surface area contributed by atoms with Gasteiger partial charge in [0.25, 0.3) is 0 Å². The fourth-order valence-electron chi connectivity index (χ4n) is 4.11. The van der Waals surface area contributed by atoms with E-state index in [9.17, 15) is 0 Å². The van der Waals surface area contributed by atoms with Gasteiger partial charge in [0.15, 0.2) is 0 Å². The molecule has 3 aromatic rings. The molecule has 0 unspecified atom stereocenters. The summed E-state index contributed by atoms with van der Waals surface area (Å²) in [7, 11) is 0. The van der Waals surface area contributed by atoms with E-state index < -0.39 is 18.4 Å². The Morgan fingerprint density at radius 2 is 1.29 bits per heavy atom. The van der Waals surface area contributed by atoms with E-state index in [1.807, 2.05) is 11.3 Å². The molecule has 1 nitrogen and oxygen atoms in total. The van der Waals surface area contributed by atoms with Crippen LogP contribution in [0.1, 0.15) is 76.0 Å². The quantitative estimate of drug-likeness (QED) is 0.165. The van der Waals surface area contributed by atoms with Crippen LogP contribution in [0.15, 0.2) is 12.1 Å². The third-order valence-corrected chi connectivity index (χ3v) is 17.6. The molecule has 0 amide bonds. The van der Waals surface area contributed by atoms with E-state index in [1.165, 1.54) is 86.7 Å². The summed E-state index contributed by atoms with van der Waals surface area (Å²) in [6.45, 7) is 5.76. The minimum absolute atomic E-state index is 1.20. The summed E-state index contributed by atoms with van der Waals surface area (Å²) in [6.07, 6.45) is 14.1. The van der Waals surface area contributed by atoms with Crippen LogP contribution in [0.25, 0.3) is 20.4 Å². The first kappa shape index (κ1) is 22.7. The van der Waals surface area contributed by atoms with Gasteiger partial charge in [0.1, 0.15) is 0 Å². The molecule has 0 aliphatic heterocycles. The molecule has 156 valence electrons. The second-order valence-electron chi connectivity index (χ2n) is 9.48. The summed E-state index contributed by atoms with van der Waals surface area (Å²) < 4.78 is 7.49. The van der Waals surface area contributed by atoms with Gasteiger partial charge in [-0.3, -0.25) is 0 Å². The summed E-state index contributed by atoms with van der Waals surface area (Å²) in [5, 5.41) is 0. The van der Waals surface area contributed by atoms with E-state index >= 15 is 0 Å². The number of hydrogen-bond acceptors (Lipinski definition) is 2. The number of rotatable bonds is 12. The predicted octanol–water partition coefficient (Wildman–Crippen LogP) is 8.69. The van der Waals surface area contributed by atoms with Gasteiger partial charge < -0.3 is 0 Å². The van der Waals surface area contributed by atoms with Crippen molar-refractivity contribution in [2.45, 2.75) is 99.4 Å². The van der Waals surface area contributed by atoms with E-state index in [-0.39, 0.29) is 0 Å². The van der Waals surface area contributed by atoms with Gasteiger partial charge in [0.05, 0.1) is 0 Å². The first-order valence-electron chi connectivity index (χ1n) is 11.4. The van der Waals surface area contributed by atoms with Gasteiger partial charge >= 0.3 is 159 Å². The zero-order chi connectivity index (χ0) is 20.1. The Hall–Kier alpha value is -0.00130. The summed E-state index contributed by atoms with van der Waals surface area (Å²) in [5.74, 6) is 0. The average molecular weight is 524 g/mol. The molecule has 0 radical (unpaired) electrons. The van der Waals surface area contributed by atoms with Gasteiger partial charge in [0.2, 0.25) is 0 Å². The molecule has 3 heterocycles. The zero-order valence-electron chi connectivity index (χ0n) is 18.7. The predicted molar refractivity (Wildman–Crippen MR) is 135 cm³/mol. The molecule has 0 aliphatic carbocycles. The topological polar surface area (TPSA) is 4.93 Å². The molecule has 0 fully saturated rings. The van der Waals surface area contributed by atoms with Crippen molar-refractivity contribution in [3.8, 4) is 0 Å². The molecule has 0 aromatic carbocycles. The first-order valence-corrected chi connectivity index (χ1v) is 23.1. The number of nitrogens with zero attached hydrogens (tertiary/aromatic N) is 1. The number of fused-ring (bicyclic) bond motifs is 3. The average Bonchev–Trinajstić information content (AvgIpc) is 3.28. The van der Waals surface area contributed by atoms with Gasteiger partial charge in [-0.2, -0.15) is 0 Å². The van der Waals surface area contributed by atoms with Gasteiger partial charge in [0, 0.05) is 0 Å². The van der Waals surface area contributed by atoms with Crippen molar-refractivity contribution in [1.29, 1.82) is 0 Å². The minimum atomic E-state index is -2.00. The van der Waals surface area contributed by atoms with Crippen molar-refractivity contribution >= 4 is 64.4 Å². The molecule has 0 spiro atoms. The van der Waals surface area contributed by atoms with Crippen molar-refractivity contribution in [3.63, 3.8) is 0 Å². The molecular formula is C24H39NS2Sn. The molecule has 0 N–H and O–H groups in total. The van der Waals surface area contributed by atoms with Crippen LogP contribution in [0, 0.1) is 6.92 Å². The van der Waals surface area contributed by atoms with Crippen LogP contribution in [0.2, 0.25) is 14.8 Å². The Kier molecular flexibility index (Phi) is 8.38. The number of unbranched alkanes of at least 4 members (excludes halogenated alkanes) is 9. The normalized spacial score (nSPS) is 12.6. The van der Waals surface area contributed by atoms with Gasteiger partial charge in [-0.1, -0.05) is 26.2 Å². The molecule has 3 aromatic heterocycles. The Morgan fingerprint density at radius 1 is 0.750 bits per heavy atom. The Balaban J connectivity index is 1.57. The molecule has 0 saturated carbocycles. The van der Waals surface area contributed by atoms with E-state index in [0.717, 1.165) is 0 Å². The van der Waals surface area contributed by atoms with Gasteiger partial charge in [-0.05, 0) is 0 Å². The molecule has 0 saturated heterocycles. The van der Waals surface area contributed by atoms with Gasteiger partial charge in [-0.15, -0.1) is 0 Å². The van der Waals surface area contributed by atoms with Crippen molar-refractivity contribution in [2.24, 2.45) is 0 Å². The maximum absolute atomic E-state index is 2.65. The second-order valence-corrected chi connectivity index (χ2v) is 27.2. The second kappa shape index (κ2) is 10.3. The van der Waals surface area contributed by atoms with Crippen LogP contribution in [0.5, 0.6) is 0 Å². The molecule has 4 heteroatoms. The summed E-state index contributed by atoms with van der Waals surface area (Å²) >= 11 is 2.11. The van der Waals surface area contributed by atoms with Crippen molar-refractivity contribution in [3.05, 3.63) is 17.0 Å². The van der Waals surface area contributed by atoms with E-state index in [1.54, 1.807) is 12.3 Å². The number of aromatic nitrogens is 1. The van der Waals surface area contributed by atoms with Crippen molar-refractivity contribution in [2.75, 3.05) is 0 Å². The summed E-state index contributed by atoms with van der Waals surface area (Å²) in [6, 6.07) is 4.98.